The van der Waals surface area contributed by atoms with Gasteiger partial charge in [0.2, 0.25) is 10.0 Å². The van der Waals surface area contributed by atoms with Crippen molar-refractivity contribution in [1.29, 1.82) is 0 Å². The number of phenols is 1. The Morgan fingerprint density at radius 3 is 2.69 bits per heavy atom. The number of sulfonamides is 1. The molecule has 16 heavy (non-hydrogen) atoms. The summed E-state index contributed by atoms with van der Waals surface area (Å²) in [7, 11) is -3.23. The van der Waals surface area contributed by atoms with Gasteiger partial charge >= 0.3 is 0 Å². The summed E-state index contributed by atoms with van der Waals surface area (Å²) >= 11 is 0. The molecular weight excluding hydrogens is 226 g/mol. The molecule has 0 aliphatic heterocycles. The van der Waals surface area contributed by atoms with Crippen molar-refractivity contribution in [1.82, 2.24) is 0 Å². The Kier molecular flexibility index (Phi) is 2.80. The second-order valence-corrected chi connectivity index (χ2v) is 6.10. The van der Waals surface area contributed by atoms with E-state index in [0.29, 0.717) is 17.2 Å². The van der Waals surface area contributed by atoms with Crippen LogP contribution < -0.4 is 4.72 Å². The summed E-state index contributed by atoms with van der Waals surface area (Å²) < 4.78 is 25.9. The van der Waals surface area contributed by atoms with E-state index in [-0.39, 0.29) is 11.5 Å². The molecule has 0 radical (unpaired) electrons. The Morgan fingerprint density at radius 2 is 2.12 bits per heavy atom. The molecular formula is C11H15NO3S. The van der Waals surface area contributed by atoms with E-state index in [1.807, 2.05) is 0 Å². The maximum Gasteiger partial charge on any atom is 0.232 e. The molecule has 1 aliphatic carbocycles. The predicted octanol–water partition coefficient (Wildman–Crippen LogP) is 1.85. The molecule has 0 heterocycles. The van der Waals surface area contributed by atoms with E-state index in [1.165, 1.54) is 6.07 Å². The highest BCUT2D eigenvalue weighted by Gasteiger charge is 2.27. The minimum absolute atomic E-state index is 0.171. The molecule has 1 fully saturated rings. The van der Waals surface area contributed by atoms with Gasteiger partial charge in [-0.3, -0.25) is 4.72 Å². The summed E-state index contributed by atoms with van der Waals surface area (Å²) in [5.74, 6) is 0.702. The molecule has 0 atom stereocenters. The van der Waals surface area contributed by atoms with Crippen LogP contribution in [0.5, 0.6) is 5.75 Å². The highest BCUT2D eigenvalue weighted by molar-refractivity contribution is 7.92. The van der Waals surface area contributed by atoms with Gasteiger partial charge in [0.1, 0.15) is 5.75 Å². The monoisotopic (exact) mass is 241 g/mol. The summed E-state index contributed by atoms with van der Waals surface area (Å²) in [5.41, 5.74) is 1.17. The van der Waals surface area contributed by atoms with Crippen molar-refractivity contribution in [3.8, 4) is 5.75 Å². The van der Waals surface area contributed by atoms with Gasteiger partial charge in [0.25, 0.3) is 0 Å². The number of phenolic OH excluding ortho intramolecular Hbond substituents is 1. The summed E-state index contributed by atoms with van der Waals surface area (Å²) in [6, 6.07) is 4.68. The second kappa shape index (κ2) is 3.97. The molecule has 0 spiro atoms. The molecule has 5 heteroatoms. The molecule has 0 amide bonds. The highest BCUT2D eigenvalue weighted by atomic mass is 32.2. The van der Waals surface area contributed by atoms with E-state index in [1.54, 1.807) is 19.1 Å². The first-order chi connectivity index (χ1) is 7.46. The van der Waals surface area contributed by atoms with Gasteiger partial charge < -0.3 is 5.11 Å². The third-order valence-electron chi connectivity index (χ3n) is 2.62. The van der Waals surface area contributed by atoms with Gasteiger partial charge in [-0.2, -0.15) is 0 Å². The van der Waals surface area contributed by atoms with E-state index in [2.05, 4.69) is 4.72 Å². The quantitative estimate of drug-likeness (QED) is 0.791. The van der Waals surface area contributed by atoms with E-state index >= 15 is 0 Å². The minimum atomic E-state index is -3.23. The fraction of sp³-hybridized carbons (Fsp3) is 0.455. The first kappa shape index (κ1) is 11.3. The van der Waals surface area contributed by atoms with Crippen LogP contribution in [0.1, 0.15) is 18.4 Å². The summed E-state index contributed by atoms with van der Waals surface area (Å²) in [4.78, 5) is 0. The lowest BCUT2D eigenvalue weighted by Crippen LogP contribution is -2.17. The average molecular weight is 241 g/mol. The van der Waals surface area contributed by atoms with Gasteiger partial charge in [-0.25, -0.2) is 8.42 Å². The van der Waals surface area contributed by atoms with Crippen LogP contribution in [0.25, 0.3) is 0 Å². The molecule has 1 saturated carbocycles. The van der Waals surface area contributed by atoms with Crippen molar-refractivity contribution < 1.29 is 13.5 Å². The molecule has 0 aromatic heterocycles. The van der Waals surface area contributed by atoms with Gasteiger partial charge in [0.15, 0.2) is 0 Å². The maximum absolute atomic E-state index is 11.7. The van der Waals surface area contributed by atoms with Crippen LogP contribution in [-0.2, 0) is 10.0 Å². The SMILES string of the molecule is Cc1cc(NS(=O)(=O)CC2CC2)ccc1O. The molecule has 0 bridgehead atoms. The van der Waals surface area contributed by atoms with Crippen LogP contribution in [-0.4, -0.2) is 19.3 Å². The maximum atomic E-state index is 11.7. The standard InChI is InChI=1S/C11H15NO3S/c1-8-6-10(4-5-11(8)13)12-16(14,15)7-9-2-3-9/h4-6,9,12-13H,2-3,7H2,1H3. The molecule has 1 aliphatic rings. The van der Waals surface area contributed by atoms with Crippen molar-refractivity contribution >= 4 is 15.7 Å². The van der Waals surface area contributed by atoms with Gasteiger partial charge in [0, 0.05) is 5.69 Å². The van der Waals surface area contributed by atoms with Gasteiger partial charge in [-0.1, -0.05) is 0 Å². The van der Waals surface area contributed by atoms with Gasteiger partial charge in [0.05, 0.1) is 5.75 Å². The number of nitrogens with one attached hydrogen (secondary N) is 1. The van der Waals surface area contributed by atoms with Crippen molar-refractivity contribution in [2.75, 3.05) is 10.5 Å². The normalized spacial score (nSPS) is 16.1. The molecule has 0 saturated heterocycles. The highest BCUT2D eigenvalue weighted by Crippen LogP contribution is 2.31. The lowest BCUT2D eigenvalue weighted by molar-refractivity contribution is 0.471. The summed E-state index contributed by atoms with van der Waals surface area (Å²) in [6.45, 7) is 1.73. The third-order valence-corrected chi connectivity index (χ3v) is 4.08. The Morgan fingerprint density at radius 1 is 1.44 bits per heavy atom. The lowest BCUT2D eigenvalue weighted by atomic mass is 10.2. The van der Waals surface area contributed by atoms with Crippen LogP contribution in [0, 0.1) is 12.8 Å². The Bertz CT molecular complexity index is 492. The zero-order valence-corrected chi connectivity index (χ0v) is 9.92. The van der Waals surface area contributed by atoms with Crippen molar-refractivity contribution in [3.63, 3.8) is 0 Å². The molecule has 1 aromatic carbocycles. The zero-order chi connectivity index (χ0) is 11.8. The lowest BCUT2D eigenvalue weighted by Gasteiger charge is -2.08. The largest absolute Gasteiger partial charge is 0.508 e. The smallest absolute Gasteiger partial charge is 0.232 e. The third kappa shape index (κ3) is 2.88. The second-order valence-electron chi connectivity index (χ2n) is 4.33. The average Bonchev–Trinajstić information content (AvgIpc) is 2.94. The number of rotatable bonds is 4. The number of benzene rings is 1. The first-order valence-electron chi connectivity index (χ1n) is 5.26. The number of aryl methyl sites for hydroxylation is 1. The molecule has 88 valence electrons. The molecule has 0 unspecified atom stereocenters. The molecule has 1 aromatic rings. The van der Waals surface area contributed by atoms with Crippen LogP contribution in [0.4, 0.5) is 5.69 Å². The van der Waals surface area contributed by atoms with Crippen LogP contribution in [0.15, 0.2) is 18.2 Å². The van der Waals surface area contributed by atoms with Crippen LogP contribution in [0.2, 0.25) is 0 Å². The molecule has 2 rings (SSSR count). The van der Waals surface area contributed by atoms with E-state index in [4.69, 9.17) is 0 Å². The van der Waals surface area contributed by atoms with Crippen molar-refractivity contribution in [3.05, 3.63) is 23.8 Å². The number of aromatic hydroxyl groups is 1. The zero-order valence-electron chi connectivity index (χ0n) is 9.10. The number of hydrogen-bond donors (Lipinski definition) is 2. The van der Waals surface area contributed by atoms with E-state index in [9.17, 15) is 13.5 Å². The topological polar surface area (TPSA) is 66.4 Å². The van der Waals surface area contributed by atoms with Crippen molar-refractivity contribution in [2.24, 2.45) is 5.92 Å². The molecule has 2 N–H and O–H groups in total. The van der Waals surface area contributed by atoms with E-state index in [0.717, 1.165) is 12.8 Å². The summed E-state index contributed by atoms with van der Waals surface area (Å²) in [6.07, 6.45) is 2.02. The fourth-order valence-electron chi connectivity index (χ4n) is 1.53. The number of hydrogen-bond acceptors (Lipinski definition) is 3. The number of anilines is 1. The van der Waals surface area contributed by atoms with Crippen LogP contribution >= 0.6 is 0 Å². The predicted molar refractivity (Wildman–Crippen MR) is 63.0 cm³/mol. The van der Waals surface area contributed by atoms with E-state index < -0.39 is 10.0 Å². The van der Waals surface area contributed by atoms with Gasteiger partial charge in [-0.05, 0) is 49.4 Å². The Hall–Kier alpha value is -1.23. The van der Waals surface area contributed by atoms with Gasteiger partial charge in [-0.15, -0.1) is 0 Å². The Labute approximate surface area is 95.4 Å². The Balaban J connectivity index is 2.10. The van der Waals surface area contributed by atoms with Crippen LogP contribution in [0.3, 0.4) is 0 Å². The summed E-state index contributed by atoms with van der Waals surface area (Å²) in [5, 5.41) is 9.32. The fourth-order valence-corrected chi connectivity index (χ4v) is 3.06. The molecule has 4 nitrogen and oxygen atoms in total. The first-order valence-corrected chi connectivity index (χ1v) is 6.91. The van der Waals surface area contributed by atoms with Crippen molar-refractivity contribution in [2.45, 2.75) is 19.8 Å². The minimum Gasteiger partial charge on any atom is -0.508 e.